The van der Waals surface area contributed by atoms with E-state index in [9.17, 15) is 4.79 Å². The van der Waals surface area contributed by atoms with Crippen LogP contribution >= 0.6 is 0 Å². The Morgan fingerprint density at radius 3 is 2.44 bits per heavy atom. The molecule has 0 bridgehead atoms. The van der Waals surface area contributed by atoms with Crippen molar-refractivity contribution in [2.45, 2.75) is 33.2 Å². The molecule has 1 amide bonds. The van der Waals surface area contributed by atoms with E-state index in [1.54, 1.807) is 0 Å². The molecule has 0 saturated carbocycles. The summed E-state index contributed by atoms with van der Waals surface area (Å²) >= 11 is 0. The van der Waals surface area contributed by atoms with Gasteiger partial charge in [-0.3, -0.25) is 4.79 Å². The van der Waals surface area contributed by atoms with E-state index in [-0.39, 0.29) is 5.92 Å². The summed E-state index contributed by atoms with van der Waals surface area (Å²) in [5, 5.41) is 3.37. The van der Waals surface area contributed by atoms with Crippen molar-refractivity contribution < 1.29 is 4.79 Å². The second kappa shape index (κ2) is 7.10. The van der Waals surface area contributed by atoms with Crippen LogP contribution in [0.2, 0.25) is 0 Å². The Hall–Kier alpha value is -0.610. The second-order valence-electron chi connectivity index (χ2n) is 6.12. The zero-order valence-corrected chi connectivity index (χ0v) is 12.6. The van der Waals surface area contributed by atoms with Crippen molar-refractivity contribution in [3.05, 3.63) is 0 Å². The zero-order valence-electron chi connectivity index (χ0n) is 12.6. The van der Waals surface area contributed by atoms with Crippen LogP contribution in [0.15, 0.2) is 0 Å². The maximum atomic E-state index is 12.6. The first-order chi connectivity index (χ1) is 8.41. The Morgan fingerprint density at radius 2 is 2.00 bits per heavy atom. The van der Waals surface area contributed by atoms with E-state index in [0.29, 0.717) is 17.9 Å². The molecule has 1 rings (SSSR count). The van der Waals surface area contributed by atoms with Gasteiger partial charge < -0.3 is 15.1 Å². The van der Waals surface area contributed by atoms with Crippen LogP contribution in [0, 0.1) is 11.8 Å². The number of nitrogens with one attached hydrogen (secondary N) is 1. The molecule has 0 aromatic rings. The topological polar surface area (TPSA) is 35.6 Å². The Kier molecular flexibility index (Phi) is 6.09. The number of nitrogens with zero attached hydrogens (tertiary/aromatic N) is 2. The van der Waals surface area contributed by atoms with Gasteiger partial charge in [-0.2, -0.15) is 0 Å². The van der Waals surface area contributed by atoms with Gasteiger partial charge in [-0.1, -0.05) is 13.8 Å². The fraction of sp³-hybridized carbons (Fsp3) is 0.929. The van der Waals surface area contributed by atoms with Crippen molar-refractivity contribution in [2.24, 2.45) is 11.8 Å². The number of rotatable bonds is 6. The maximum absolute atomic E-state index is 12.6. The molecule has 4 nitrogen and oxygen atoms in total. The van der Waals surface area contributed by atoms with Crippen molar-refractivity contribution in [3.63, 3.8) is 0 Å². The van der Waals surface area contributed by atoms with Gasteiger partial charge in [0.15, 0.2) is 0 Å². The van der Waals surface area contributed by atoms with Crippen molar-refractivity contribution >= 4 is 5.91 Å². The van der Waals surface area contributed by atoms with Gasteiger partial charge in [-0.05, 0) is 39.9 Å². The summed E-state index contributed by atoms with van der Waals surface area (Å²) in [6.45, 7) is 10.1. The number of hydrogen-bond acceptors (Lipinski definition) is 3. The highest BCUT2D eigenvalue weighted by Gasteiger charge is 2.32. The summed E-state index contributed by atoms with van der Waals surface area (Å²) in [4.78, 5) is 16.8. The van der Waals surface area contributed by atoms with Gasteiger partial charge in [-0.25, -0.2) is 0 Å². The molecule has 0 aromatic heterocycles. The SMILES string of the molecule is CC(C)CN(CCN(C)C)C(=O)C1CCNC1C. The molecule has 1 fully saturated rings. The van der Waals surface area contributed by atoms with E-state index in [4.69, 9.17) is 0 Å². The molecular weight excluding hydrogens is 226 g/mol. The highest BCUT2D eigenvalue weighted by Crippen LogP contribution is 2.18. The normalized spacial score (nSPS) is 23.9. The summed E-state index contributed by atoms with van der Waals surface area (Å²) in [5.41, 5.74) is 0. The van der Waals surface area contributed by atoms with Crippen LogP contribution in [0.4, 0.5) is 0 Å². The lowest BCUT2D eigenvalue weighted by atomic mass is 9.99. The van der Waals surface area contributed by atoms with Crippen LogP contribution in [-0.2, 0) is 4.79 Å². The Morgan fingerprint density at radius 1 is 1.33 bits per heavy atom. The third kappa shape index (κ3) is 4.58. The third-order valence-electron chi connectivity index (χ3n) is 3.56. The van der Waals surface area contributed by atoms with Crippen molar-refractivity contribution in [2.75, 3.05) is 40.3 Å². The molecule has 0 aliphatic carbocycles. The van der Waals surface area contributed by atoms with E-state index in [1.165, 1.54) is 0 Å². The average molecular weight is 255 g/mol. The van der Waals surface area contributed by atoms with Gasteiger partial charge in [0.1, 0.15) is 0 Å². The Balaban J connectivity index is 2.59. The van der Waals surface area contributed by atoms with E-state index in [2.05, 4.69) is 50.0 Å². The fourth-order valence-electron chi connectivity index (χ4n) is 2.48. The minimum Gasteiger partial charge on any atom is -0.341 e. The predicted molar refractivity (Wildman–Crippen MR) is 75.5 cm³/mol. The number of likely N-dealkylation sites (N-methyl/N-ethyl adjacent to an activating group) is 1. The Bertz CT molecular complexity index is 266. The molecule has 1 saturated heterocycles. The van der Waals surface area contributed by atoms with Crippen molar-refractivity contribution in [1.82, 2.24) is 15.1 Å². The summed E-state index contributed by atoms with van der Waals surface area (Å²) in [6.07, 6.45) is 0.983. The quantitative estimate of drug-likeness (QED) is 0.770. The van der Waals surface area contributed by atoms with Crippen LogP contribution in [0.1, 0.15) is 27.2 Å². The molecule has 0 radical (unpaired) electrons. The van der Waals surface area contributed by atoms with Gasteiger partial charge in [0.05, 0.1) is 5.92 Å². The first-order valence-corrected chi connectivity index (χ1v) is 7.08. The molecule has 2 atom stereocenters. The second-order valence-corrected chi connectivity index (χ2v) is 6.12. The van der Waals surface area contributed by atoms with Crippen molar-refractivity contribution in [3.8, 4) is 0 Å². The molecule has 1 aliphatic heterocycles. The minimum absolute atomic E-state index is 0.172. The van der Waals surface area contributed by atoms with Crippen LogP contribution in [-0.4, -0.2) is 62.0 Å². The monoisotopic (exact) mass is 255 g/mol. The molecule has 1 aliphatic rings. The van der Waals surface area contributed by atoms with Gasteiger partial charge in [-0.15, -0.1) is 0 Å². The van der Waals surface area contributed by atoms with Crippen LogP contribution in [0.5, 0.6) is 0 Å². The molecule has 106 valence electrons. The summed E-state index contributed by atoms with van der Waals surface area (Å²) in [5.74, 6) is 1.04. The lowest BCUT2D eigenvalue weighted by Gasteiger charge is -2.29. The molecular formula is C14H29N3O. The first kappa shape index (κ1) is 15.4. The number of hydrogen-bond donors (Lipinski definition) is 1. The number of carbonyl (C=O) groups excluding carboxylic acids is 1. The Labute approximate surface area is 112 Å². The van der Waals surface area contributed by atoms with E-state index in [1.807, 2.05) is 0 Å². The highest BCUT2D eigenvalue weighted by molar-refractivity contribution is 5.80. The van der Waals surface area contributed by atoms with Crippen LogP contribution < -0.4 is 5.32 Å². The van der Waals surface area contributed by atoms with Crippen LogP contribution in [0.25, 0.3) is 0 Å². The molecule has 1 heterocycles. The minimum atomic E-state index is 0.172. The largest absolute Gasteiger partial charge is 0.341 e. The summed E-state index contributed by atoms with van der Waals surface area (Å²) < 4.78 is 0. The number of carbonyl (C=O) groups is 1. The first-order valence-electron chi connectivity index (χ1n) is 7.08. The standard InChI is InChI=1S/C14H29N3O/c1-11(2)10-17(9-8-16(4)5)14(18)13-6-7-15-12(13)3/h11-13,15H,6-10H2,1-5H3. The molecule has 1 N–H and O–H groups in total. The molecule has 18 heavy (non-hydrogen) atoms. The van der Waals surface area contributed by atoms with E-state index < -0.39 is 0 Å². The van der Waals surface area contributed by atoms with Gasteiger partial charge in [0.2, 0.25) is 5.91 Å². The summed E-state index contributed by atoms with van der Waals surface area (Å²) in [6, 6.07) is 0.325. The summed E-state index contributed by atoms with van der Waals surface area (Å²) in [7, 11) is 4.11. The molecule has 0 spiro atoms. The smallest absolute Gasteiger partial charge is 0.227 e. The maximum Gasteiger partial charge on any atom is 0.227 e. The zero-order chi connectivity index (χ0) is 13.7. The molecule has 4 heteroatoms. The van der Waals surface area contributed by atoms with E-state index >= 15 is 0 Å². The van der Waals surface area contributed by atoms with Gasteiger partial charge in [0.25, 0.3) is 0 Å². The number of amides is 1. The predicted octanol–water partition coefficient (Wildman–Crippen LogP) is 1.03. The lowest BCUT2D eigenvalue weighted by Crippen LogP contribution is -2.44. The lowest BCUT2D eigenvalue weighted by molar-refractivity contribution is -0.136. The van der Waals surface area contributed by atoms with Gasteiger partial charge >= 0.3 is 0 Å². The molecule has 0 aromatic carbocycles. The van der Waals surface area contributed by atoms with Crippen molar-refractivity contribution in [1.29, 1.82) is 0 Å². The molecule has 2 unspecified atom stereocenters. The highest BCUT2D eigenvalue weighted by atomic mass is 16.2. The van der Waals surface area contributed by atoms with E-state index in [0.717, 1.165) is 32.6 Å². The fourth-order valence-corrected chi connectivity index (χ4v) is 2.48. The van der Waals surface area contributed by atoms with Crippen LogP contribution in [0.3, 0.4) is 0 Å². The third-order valence-corrected chi connectivity index (χ3v) is 3.56. The van der Waals surface area contributed by atoms with Gasteiger partial charge in [0, 0.05) is 25.7 Å². The average Bonchev–Trinajstić information content (AvgIpc) is 2.69.